The zero-order chi connectivity index (χ0) is 19.3. The normalized spacial score (nSPS) is 15.7. The van der Waals surface area contributed by atoms with E-state index in [0.717, 1.165) is 5.75 Å². The van der Waals surface area contributed by atoms with Gasteiger partial charge < -0.3 is 4.74 Å². The lowest BCUT2D eigenvalue weighted by atomic mass is 9.78. The second kappa shape index (κ2) is 4.96. The molecule has 2 aliphatic rings. The van der Waals surface area contributed by atoms with Crippen LogP contribution in [0, 0.1) is 0 Å². The Morgan fingerprint density at radius 1 is 0.759 bits per heavy atom. The molecule has 2 heterocycles. The number of nitrogens with zero attached hydrogens (tertiary/aromatic N) is 1. The highest BCUT2D eigenvalue weighted by Crippen LogP contribution is 2.56. The number of rotatable bonds is 0. The van der Waals surface area contributed by atoms with Crippen molar-refractivity contribution in [1.82, 2.24) is 0 Å². The topological polar surface area (TPSA) is 13.1 Å². The van der Waals surface area contributed by atoms with E-state index in [-0.39, 0.29) is 5.41 Å². The molecule has 0 saturated heterocycles. The molecular weight excluding hydrogens is 354 g/mol. The Balaban J connectivity index is 1.73. The van der Waals surface area contributed by atoms with Crippen LogP contribution in [0.4, 0.5) is 0 Å². The maximum atomic E-state index is 6.33. The summed E-state index contributed by atoms with van der Waals surface area (Å²) in [6.07, 6.45) is 2.24. The molecule has 2 heteroatoms. The van der Waals surface area contributed by atoms with Crippen LogP contribution in [0.1, 0.15) is 25.0 Å². The highest BCUT2D eigenvalue weighted by atomic mass is 16.5. The number of benzene rings is 4. The minimum Gasteiger partial charge on any atom is -0.435 e. The standard InChI is InChI=1S/C27H20NO/c1-27(2)24-20-12-11-16-7-3-5-9-18(16)21(20)13-22-23(24)26-25(27)19-10-6-4-8-17(19)14-28(26)15-29-22/h3-14H,15H2,1-2H3/q+1. The molecule has 0 unspecified atom stereocenters. The van der Waals surface area contributed by atoms with E-state index in [0.29, 0.717) is 6.73 Å². The van der Waals surface area contributed by atoms with E-state index in [1.54, 1.807) is 0 Å². The van der Waals surface area contributed by atoms with Gasteiger partial charge in [0.2, 0.25) is 5.69 Å². The molecule has 29 heavy (non-hydrogen) atoms. The van der Waals surface area contributed by atoms with Crippen molar-refractivity contribution in [3.05, 3.63) is 84.1 Å². The van der Waals surface area contributed by atoms with Crippen LogP contribution in [0.5, 0.6) is 5.75 Å². The number of pyridine rings is 1. The first-order valence-electron chi connectivity index (χ1n) is 10.2. The van der Waals surface area contributed by atoms with Crippen molar-refractivity contribution in [3.8, 4) is 17.0 Å². The van der Waals surface area contributed by atoms with Gasteiger partial charge in [-0.2, -0.15) is 4.57 Å². The van der Waals surface area contributed by atoms with Crippen LogP contribution in [-0.4, -0.2) is 0 Å². The third-order valence-corrected chi connectivity index (χ3v) is 6.91. The summed E-state index contributed by atoms with van der Waals surface area (Å²) in [5, 5.41) is 7.82. The van der Waals surface area contributed by atoms with Gasteiger partial charge in [-0.25, -0.2) is 0 Å². The lowest BCUT2D eigenvalue weighted by Crippen LogP contribution is -2.41. The van der Waals surface area contributed by atoms with E-state index in [1.165, 1.54) is 54.7 Å². The van der Waals surface area contributed by atoms with Gasteiger partial charge in [0.1, 0.15) is 5.75 Å². The van der Waals surface area contributed by atoms with Crippen molar-refractivity contribution >= 4 is 32.3 Å². The summed E-state index contributed by atoms with van der Waals surface area (Å²) in [5.74, 6) is 1.02. The second-order valence-corrected chi connectivity index (χ2v) is 8.81. The predicted molar refractivity (Wildman–Crippen MR) is 117 cm³/mol. The van der Waals surface area contributed by atoms with Gasteiger partial charge >= 0.3 is 0 Å². The molecule has 0 radical (unpaired) electrons. The molecule has 0 saturated carbocycles. The molecule has 1 aromatic heterocycles. The van der Waals surface area contributed by atoms with Crippen LogP contribution < -0.4 is 9.30 Å². The van der Waals surface area contributed by atoms with Gasteiger partial charge in [0, 0.05) is 16.4 Å². The molecule has 7 rings (SSSR count). The molecule has 5 aromatic rings. The van der Waals surface area contributed by atoms with E-state index in [2.05, 4.69) is 91.3 Å². The van der Waals surface area contributed by atoms with Crippen molar-refractivity contribution in [2.45, 2.75) is 26.0 Å². The average Bonchev–Trinajstić information content (AvgIpc) is 3.00. The van der Waals surface area contributed by atoms with Gasteiger partial charge in [-0.1, -0.05) is 68.4 Å². The van der Waals surface area contributed by atoms with Crippen molar-refractivity contribution in [3.63, 3.8) is 0 Å². The van der Waals surface area contributed by atoms with Crippen LogP contribution in [0.15, 0.2) is 72.9 Å². The summed E-state index contributed by atoms with van der Waals surface area (Å²) in [6, 6.07) is 24.2. The highest BCUT2D eigenvalue weighted by molar-refractivity contribution is 6.13. The molecular formula is C27H20NO+. The molecule has 0 fully saturated rings. The fourth-order valence-electron chi connectivity index (χ4n) is 5.74. The van der Waals surface area contributed by atoms with E-state index < -0.39 is 0 Å². The predicted octanol–water partition coefficient (Wildman–Crippen LogP) is 6.09. The minimum absolute atomic E-state index is 0.0995. The Morgan fingerprint density at radius 2 is 1.52 bits per heavy atom. The molecule has 0 atom stereocenters. The summed E-state index contributed by atoms with van der Waals surface area (Å²) in [6.45, 7) is 5.31. The first-order valence-corrected chi connectivity index (χ1v) is 10.2. The number of ether oxygens (including phenoxy) is 1. The summed E-state index contributed by atoms with van der Waals surface area (Å²) in [5.41, 5.74) is 5.34. The van der Waals surface area contributed by atoms with Gasteiger partial charge in [-0.15, -0.1) is 0 Å². The lowest BCUT2D eigenvalue weighted by Gasteiger charge is -2.23. The Hall–Kier alpha value is -3.39. The summed E-state index contributed by atoms with van der Waals surface area (Å²) >= 11 is 0. The molecule has 4 aromatic carbocycles. The van der Waals surface area contributed by atoms with Crippen LogP contribution in [-0.2, 0) is 12.1 Å². The Labute approximate surface area is 169 Å². The van der Waals surface area contributed by atoms with Gasteiger partial charge in [0.15, 0.2) is 6.20 Å². The minimum atomic E-state index is -0.0995. The van der Waals surface area contributed by atoms with Gasteiger partial charge in [0.05, 0.1) is 5.56 Å². The third-order valence-electron chi connectivity index (χ3n) is 6.91. The lowest BCUT2D eigenvalue weighted by molar-refractivity contribution is -0.716. The van der Waals surface area contributed by atoms with Gasteiger partial charge in [-0.3, -0.25) is 0 Å². The van der Waals surface area contributed by atoms with Crippen LogP contribution in [0.3, 0.4) is 0 Å². The SMILES string of the molecule is CC1(C)c2c3[n+](cc4ccccc24)COc2cc4c(ccc5ccccc54)c1c2-3. The quantitative estimate of drug-likeness (QED) is 0.236. The third kappa shape index (κ3) is 1.76. The van der Waals surface area contributed by atoms with Crippen LogP contribution in [0.25, 0.3) is 43.6 Å². The Bertz CT molecular complexity index is 1530. The number of hydrogen-bond acceptors (Lipinski definition) is 1. The van der Waals surface area contributed by atoms with E-state index in [9.17, 15) is 0 Å². The largest absolute Gasteiger partial charge is 0.435 e. The monoisotopic (exact) mass is 374 g/mol. The molecule has 138 valence electrons. The fourth-order valence-corrected chi connectivity index (χ4v) is 5.74. The summed E-state index contributed by atoms with van der Waals surface area (Å²) in [4.78, 5) is 0. The van der Waals surface area contributed by atoms with Crippen LogP contribution >= 0.6 is 0 Å². The van der Waals surface area contributed by atoms with Crippen molar-refractivity contribution in [1.29, 1.82) is 0 Å². The molecule has 1 aliphatic heterocycles. The van der Waals surface area contributed by atoms with Gasteiger partial charge in [-0.05, 0) is 44.6 Å². The summed E-state index contributed by atoms with van der Waals surface area (Å²) < 4.78 is 8.62. The Morgan fingerprint density at radius 3 is 2.38 bits per heavy atom. The first-order chi connectivity index (χ1) is 14.1. The zero-order valence-corrected chi connectivity index (χ0v) is 16.5. The van der Waals surface area contributed by atoms with Gasteiger partial charge in [0.25, 0.3) is 6.73 Å². The molecule has 0 spiro atoms. The van der Waals surface area contributed by atoms with E-state index in [1.807, 2.05) is 0 Å². The van der Waals surface area contributed by atoms with E-state index >= 15 is 0 Å². The fraction of sp³-hybridized carbons (Fsp3) is 0.148. The molecule has 0 N–H and O–H groups in total. The first kappa shape index (κ1) is 15.5. The Kier molecular flexibility index (Phi) is 2.65. The number of fused-ring (bicyclic) bond motifs is 6. The van der Waals surface area contributed by atoms with E-state index in [4.69, 9.17) is 4.74 Å². The smallest absolute Gasteiger partial charge is 0.292 e. The molecule has 0 amide bonds. The number of aromatic nitrogens is 1. The van der Waals surface area contributed by atoms with Crippen LogP contribution in [0.2, 0.25) is 0 Å². The second-order valence-electron chi connectivity index (χ2n) is 8.81. The van der Waals surface area contributed by atoms with Crippen molar-refractivity contribution in [2.24, 2.45) is 0 Å². The average molecular weight is 374 g/mol. The highest BCUT2D eigenvalue weighted by Gasteiger charge is 2.47. The number of hydrogen-bond donors (Lipinski definition) is 0. The maximum absolute atomic E-state index is 6.33. The molecule has 0 bridgehead atoms. The van der Waals surface area contributed by atoms with Crippen molar-refractivity contribution < 1.29 is 9.30 Å². The maximum Gasteiger partial charge on any atom is 0.292 e. The van der Waals surface area contributed by atoms with Crippen molar-refractivity contribution in [2.75, 3.05) is 0 Å². The molecule has 2 nitrogen and oxygen atoms in total. The summed E-state index contributed by atoms with van der Waals surface area (Å²) in [7, 11) is 0. The molecule has 1 aliphatic carbocycles. The zero-order valence-electron chi connectivity index (χ0n) is 16.5.